The molecule has 0 radical (unpaired) electrons. The fourth-order valence-electron chi connectivity index (χ4n) is 3.41. The number of nitrogens with one attached hydrogen (secondary N) is 1. The van der Waals surface area contributed by atoms with Crippen LogP contribution in [0.1, 0.15) is 33.7 Å². The van der Waals surface area contributed by atoms with Crippen molar-refractivity contribution >= 4 is 34.4 Å². The number of rotatable bonds is 6. The Morgan fingerprint density at radius 2 is 2.00 bits per heavy atom. The van der Waals surface area contributed by atoms with Gasteiger partial charge in [-0.05, 0) is 31.9 Å². The molecular weight excluding hydrogens is 372 g/mol. The number of aromatic amines is 1. The van der Waals surface area contributed by atoms with Crippen molar-refractivity contribution in [2.45, 2.75) is 26.7 Å². The molecule has 148 valence electrons. The minimum absolute atomic E-state index is 0.125. The number of H-pyrrole nitrogens is 1. The summed E-state index contributed by atoms with van der Waals surface area (Å²) >= 11 is 0. The standard InChI is InChI=1S/C20H20N6O3/c1-11-13(12(2)26-20(23-11)24-19(21)25-26)7-8-18(28)29-10-17(27)15-9-22-16-6-4-3-5-14(15)16/h3-6,9,22H,7-8,10H2,1-2H3,(H2,21,25). The number of ether oxygens (including phenoxy) is 1. The number of para-hydroxylation sites is 1. The number of Topliss-reactive ketones (excluding diaryl/α,β-unsaturated/α-hetero) is 1. The third kappa shape index (κ3) is 3.54. The lowest BCUT2D eigenvalue weighted by molar-refractivity contribution is -0.142. The second kappa shape index (κ2) is 7.34. The number of aromatic nitrogens is 5. The van der Waals surface area contributed by atoms with Crippen molar-refractivity contribution < 1.29 is 14.3 Å². The average Bonchev–Trinajstić information content (AvgIpc) is 3.29. The molecule has 0 unspecified atom stereocenters. The molecule has 0 amide bonds. The van der Waals surface area contributed by atoms with E-state index in [0.29, 0.717) is 17.8 Å². The van der Waals surface area contributed by atoms with Gasteiger partial charge in [0.1, 0.15) is 0 Å². The second-order valence-electron chi connectivity index (χ2n) is 6.77. The Balaban J connectivity index is 1.39. The van der Waals surface area contributed by atoms with Crippen molar-refractivity contribution in [3.63, 3.8) is 0 Å². The van der Waals surface area contributed by atoms with Gasteiger partial charge in [0.25, 0.3) is 5.78 Å². The van der Waals surface area contributed by atoms with E-state index in [1.165, 1.54) is 0 Å². The van der Waals surface area contributed by atoms with E-state index in [-0.39, 0.29) is 24.8 Å². The molecule has 0 fully saturated rings. The summed E-state index contributed by atoms with van der Waals surface area (Å²) in [6, 6.07) is 7.48. The molecule has 0 spiro atoms. The zero-order valence-electron chi connectivity index (χ0n) is 16.1. The third-order valence-electron chi connectivity index (χ3n) is 4.90. The first-order valence-electron chi connectivity index (χ1n) is 9.17. The SMILES string of the molecule is Cc1nc2nc(N)nn2c(C)c1CCC(=O)OCC(=O)c1c[nH]c2ccccc12. The Morgan fingerprint density at radius 1 is 1.21 bits per heavy atom. The van der Waals surface area contributed by atoms with Gasteiger partial charge in [0.05, 0.1) is 0 Å². The molecule has 9 nitrogen and oxygen atoms in total. The van der Waals surface area contributed by atoms with Gasteiger partial charge in [0.15, 0.2) is 6.61 Å². The van der Waals surface area contributed by atoms with Crippen LogP contribution in [0.15, 0.2) is 30.5 Å². The van der Waals surface area contributed by atoms with Crippen LogP contribution < -0.4 is 5.73 Å². The van der Waals surface area contributed by atoms with E-state index in [9.17, 15) is 9.59 Å². The summed E-state index contributed by atoms with van der Waals surface area (Å²) in [5.41, 5.74) is 9.46. The van der Waals surface area contributed by atoms with E-state index < -0.39 is 5.97 Å². The van der Waals surface area contributed by atoms with E-state index in [0.717, 1.165) is 27.9 Å². The summed E-state index contributed by atoms with van der Waals surface area (Å²) in [4.78, 5) is 36.1. The number of esters is 1. The molecule has 0 aliphatic heterocycles. The van der Waals surface area contributed by atoms with Crippen LogP contribution in [0.3, 0.4) is 0 Å². The Morgan fingerprint density at radius 3 is 2.83 bits per heavy atom. The number of hydrogen-bond acceptors (Lipinski definition) is 7. The number of nitrogen functional groups attached to an aromatic ring is 1. The van der Waals surface area contributed by atoms with Crippen molar-refractivity contribution in [1.82, 2.24) is 24.6 Å². The number of aryl methyl sites for hydroxylation is 2. The van der Waals surface area contributed by atoms with Crippen LogP contribution in [0.25, 0.3) is 16.7 Å². The number of hydrogen-bond donors (Lipinski definition) is 2. The molecule has 1 aromatic carbocycles. The molecular formula is C20H20N6O3. The van der Waals surface area contributed by atoms with Crippen LogP contribution in [-0.2, 0) is 16.0 Å². The topological polar surface area (TPSA) is 128 Å². The Labute approximate surface area is 165 Å². The van der Waals surface area contributed by atoms with Crippen molar-refractivity contribution in [3.8, 4) is 0 Å². The first kappa shape index (κ1) is 18.6. The molecule has 3 N–H and O–H groups in total. The fraction of sp³-hybridized carbons (Fsp3) is 0.250. The molecule has 3 aromatic heterocycles. The van der Waals surface area contributed by atoms with Gasteiger partial charge >= 0.3 is 5.97 Å². The fourth-order valence-corrected chi connectivity index (χ4v) is 3.41. The Hall–Kier alpha value is -3.75. The highest BCUT2D eigenvalue weighted by Crippen LogP contribution is 2.19. The number of anilines is 1. The van der Waals surface area contributed by atoms with Crippen molar-refractivity contribution in [2.75, 3.05) is 12.3 Å². The number of nitrogens with two attached hydrogens (primary N) is 1. The second-order valence-corrected chi connectivity index (χ2v) is 6.77. The van der Waals surface area contributed by atoms with E-state index in [4.69, 9.17) is 10.5 Å². The van der Waals surface area contributed by atoms with E-state index >= 15 is 0 Å². The van der Waals surface area contributed by atoms with Gasteiger partial charge < -0.3 is 15.5 Å². The maximum absolute atomic E-state index is 12.4. The van der Waals surface area contributed by atoms with Crippen LogP contribution >= 0.6 is 0 Å². The largest absolute Gasteiger partial charge is 0.457 e. The van der Waals surface area contributed by atoms with Crippen LogP contribution in [0.5, 0.6) is 0 Å². The lowest BCUT2D eigenvalue weighted by atomic mass is 10.1. The number of nitrogens with zero attached hydrogens (tertiary/aromatic N) is 4. The van der Waals surface area contributed by atoms with Gasteiger partial charge in [-0.1, -0.05) is 18.2 Å². The number of ketones is 1. The molecule has 0 bridgehead atoms. The maximum atomic E-state index is 12.4. The predicted octanol–water partition coefficient (Wildman–Crippen LogP) is 2.16. The quantitative estimate of drug-likeness (QED) is 0.380. The van der Waals surface area contributed by atoms with Gasteiger partial charge in [-0.25, -0.2) is 4.98 Å². The highest BCUT2D eigenvalue weighted by Gasteiger charge is 2.16. The molecule has 29 heavy (non-hydrogen) atoms. The Kier molecular flexibility index (Phi) is 4.71. The van der Waals surface area contributed by atoms with Gasteiger partial charge in [-0.2, -0.15) is 9.50 Å². The molecule has 4 aromatic rings. The van der Waals surface area contributed by atoms with Gasteiger partial charge in [0, 0.05) is 40.5 Å². The molecule has 9 heteroatoms. The predicted molar refractivity (Wildman–Crippen MR) is 107 cm³/mol. The number of carbonyl (C=O) groups is 2. The minimum atomic E-state index is -0.449. The summed E-state index contributed by atoms with van der Waals surface area (Å²) in [5.74, 6) is -0.125. The van der Waals surface area contributed by atoms with Gasteiger partial charge in [-0.3, -0.25) is 9.59 Å². The van der Waals surface area contributed by atoms with Crippen molar-refractivity contribution in [3.05, 3.63) is 53.0 Å². The van der Waals surface area contributed by atoms with Crippen molar-refractivity contribution in [1.29, 1.82) is 0 Å². The molecule has 0 saturated heterocycles. The summed E-state index contributed by atoms with van der Waals surface area (Å²) in [7, 11) is 0. The highest BCUT2D eigenvalue weighted by molar-refractivity contribution is 6.08. The van der Waals surface area contributed by atoms with E-state index in [1.54, 1.807) is 10.7 Å². The van der Waals surface area contributed by atoms with Crippen LogP contribution in [-0.4, -0.2) is 42.9 Å². The summed E-state index contributed by atoms with van der Waals surface area (Å²) in [6.45, 7) is 3.42. The number of benzene rings is 1. The zero-order valence-corrected chi connectivity index (χ0v) is 16.1. The number of carbonyl (C=O) groups excluding carboxylic acids is 2. The van der Waals surface area contributed by atoms with Gasteiger partial charge in [0.2, 0.25) is 11.7 Å². The zero-order chi connectivity index (χ0) is 20.5. The summed E-state index contributed by atoms with van der Waals surface area (Å²) in [6.07, 6.45) is 2.18. The molecule has 0 aliphatic carbocycles. The van der Waals surface area contributed by atoms with Gasteiger partial charge in [-0.15, -0.1) is 5.10 Å². The molecule has 0 saturated carbocycles. The first-order valence-corrected chi connectivity index (χ1v) is 9.17. The molecule has 0 atom stereocenters. The maximum Gasteiger partial charge on any atom is 0.306 e. The monoisotopic (exact) mass is 392 g/mol. The minimum Gasteiger partial charge on any atom is -0.457 e. The van der Waals surface area contributed by atoms with E-state index in [1.807, 2.05) is 38.1 Å². The lowest BCUT2D eigenvalue weighted by Crippen LogP contribution is -2.15. The summed E-state index contributed by atoms with van der Waals surface area (Å²) in [5, 5.41) is 4.92. The number of fused-ring (bicyclic) bond motifs is 2. The first-order chi connectivity index (χ1) is 13.9. The Bertz CT molecular complexity index is 1240. The molecule has 3 heterocycles. The normalized spacial score (nSPS) is 11.2. The van der Waals surface area contributed by atoms with Crippen LogP contribution in [0.2, 0.25) is 0 Å². The smallest absolute Gasteiger partial charge is 0.306 e. The van der Waals surface area contributed by atoms with E-state index in [2.05, 4.69) is 20.1 Å². The third-order valence-corrected chi connectivity index (χ3v) is 4.90. The summed E-state index contributed by atoms with van der Waals surface area (Å²) < 4.78 is 6.75. The molecule has 4 rings (SSSR count). The molecule has 0 aliphatic rings. The average molecular weight is 392 g/mol. The lowest BCUT2D eigenvalue weighted by Gasteiger charge is -2.10. The highest BCUT2D eigenvalue weighted by atomic mass is 16.5. The van der Waals surface area contributed by atoms with Crippen LogP contribution in [0.4, 0.5) is 5.95 Å². The van der Waals surface area contributed by atoms with Crippen LogP contribution in [0, 0.1) is 13.8 Å². The van der Waals surface area contributed by atoms with Crippen molar-refractivity contribution in [2.24, 2.45) is 0 Å².